The molecule has 0 bridgehead atoms. The zero-order chi connectivity index (χ0) is 22.7. The van der Waals surface area contributed by atoms with Crippen LogP contribution in [0.2, 0.25) is 5.02 Å². The van der Waals surface area contributed by atoms with Crippen molar-refractivity contribution in [2.45, 2.75) is 58.5 Å². The molecule has 170 valence electrons. The third-order valence-corrected chi connectivity index (χ3v) is 6.58. The quantitative estimate of drug-likeness (QED) is 0.391. The first-order valence-electron chi connectivity index (χ1n) is 11.6. The molecule has 2 aromatic carbocycles. The highest BCUT2D eigenvalue weighted by Gasteiger charge is 2.25. The maximum atomic E-state index is 13.5. The lowest BCUT2D eigenvalue weighted by Crippen LogP contribution is -2.33. The summed E-state index contributed by atoms with van der Waals surface area (Å²) in [6.07, 6.45) is 5.68. The Bertz CT molecular complexity index is 1070. The first kappa shape index (κ1) is 22.7. The molecule has 32 heavy (non-hydrogen) atoms. The lowest BCUT2D eigenvalue weighted by Gasteiger charge is -2.25. The summed E-state index contributed by atoms with van der Waals surface area (Å²) in [6, 6.07) is 13.6. The number of halogens is 1. The number of nitrogens with zero attached hydrogens (tertiary/aromatic N) is 3. The zero-order valence-corrected chi connectivity index (χ0v) is 19.9. The molecule has 1 aliphatic rings. The number of carbonyl (C=O) groups is 1. The second-order valence-electron chi connectivity index (χ2n) is 9.11. The van der Waals surface area contributed by atoms with Gasteiger partial charge in [0.05, 0.1) is 24.7 Å². The predicted octanol–water partition coefficient (Wildman–Crippen LogP) is 6.50. The van der Waals surface area contributed by atoms with Gasteiger partial charge in [0.2, 0.25) is 0 Å². The number of methoxy groups -OCH3 is 1. The van der Waals surface area contributed by atoms with Crippen LogP contribution in [0.25, 0.3) is 11.0 Å². The Labute approximate surface area is 195 Å². The van der Waals surface area contributed by atoms with Crippen LogP contribution < -0.4 is 4.74 Å². The molecule has 0 saturated heterocycles. The number of hydrogen-bond donors (Lipinski definition) is 0. The Balaban J connectivity index is 1.69. The lowest BCUT2D eigenvalue weighted by atomic mass is 10.1. The minimum Gasteiger partial charge on any atom is -0.497 e. The number of hydrogen-bond acceptors (Lipinski definition) is 3. The van der Waals surface area contributed by atoms with Crippen molar-refractivity contribution in [2.24, 2.45) is 5.92 Å². The average Bonchev–Trinajstić information content (AvgIpc) is 3.43. The molecule has 1 saturated carbocycles. The Hall–Kier alpha value is -2.53. The summed E-state index contributed by atoms with van der Waals surface area (Å²) in [7, 11) is 1.63. The number of imidazole rings is 1. The average molecular weight is 454 g/mol. The van der Waals surface area contributed by atoms with Crippen LogP contribution >= 0.6 is 11.6 Å². The highest BCUT2D eigenvalue weighted by atomic mass is 35.5. The maximum Gasteiger partial charge on any atom is 0.254 e. The molecule has 5 nitrogen and oxygen atoms in total. The smallest absolute Gasteiger partial charge is 0.254 e. The van der Waals surface area contributed by atoms with Gasteiger partial charge in [-0.2, -0.15) is 0 Å². The Morgan fingerprint density at radius 1 is 1.19 bits per heavy atom. The van der Waals surface area contributed by atoms with Gasteiger partial charge in [-0.3, -0.25) is 4.79 Å². The maximum absolute atomic E-state index is 13.5. The van der Waals surface area contributed by atoms with Crippen LogP contribution in [0.4, 0.5) is 0 Å². The minimum absolute atomic E-state index is 0.0244. The van der Waals surface area contributed by atoms with Gasteiger partial charge in [-0.05, 0) is 67.6 Å². The molecule has 1 amide bonds. The van der Waals surface area contributed by atoms with E-state index in [4.69, 9.17) is 21.3 Å². The molecule has 0 atom stereocenters. The molecule has 3 aromatic rings. The molecule has 0 radical (unpaired) electrons. The van der Waals surface area contributed by atoms with Crippen LogP contribution in [0.15, 0.2) is 42.5 Å². The van der Waals surface area contributed by atoms with Crippen LogP contribution in [0.3, 0.4) is 0 Å². The number of carbonyl (C=O) groups excluding carboxylic acids is 1. The van der Waals surface area contributed by atoms with Gasteiger partial charge in [0, 0.05) is 23.2 Å². The van der Waals surface area contributed by atoms with E-state index in [2.05, 4.69) is 18.4 Å². The van der Waals surface area contributed by atoms with Crippen molar-refractivity contribution in [3.05, 3.63) is 58.9 Å². The monoisotopic (exact) mass is 453 g/mol. The number of rotatable bonds is 8. The predicted molar refractivity (Wildman–Crippen MR) is 129 cm³/mol. The van der Waals surface area contributed by atoms with E-state index in [0.29, 0.717) is 35.6 Å². The molecule has 1 aromatic heterocycles. The van der Waals surface area contributed by atoms with Gasteiger partial charge in [0.25, 0.3) is 5.91 Å². The van der Waals surface area contributed by atoms with Crippen molar-refractivity contribution >= 4 is 28.5 Å². The molecule has 0 N–H and O–H groups in total. The van der Waals surface area contributed by atoms with Crippen LogP contribution in [0.5, 0.6) is 5.75 Å². The number of ether oxygens (including phenoxy) is 1. The van der Waals surface area contributed by atoms with E-state index in [-0.39, 0.29) is 5.91 Å². The van der Waals surface area contributed by atoms with Gasteiger partial charge >= 0.3 is 0 Å². The van der Waals surface area contributed by atoms with Crippen molar-refractivity contribution in [1.82, 2.24) is 14.5 Å². The summed E-state index contributed by atoms with van der Waals surface area (Å²) in [5, 5.41) is 0.717. The molecule has 1 fully saturated rings. The normalized spacial score (nSPS) is 14.4. The first-order valence-corrected chi connectivity index (χ1v) is 11.9. The van der Waals surface area contributed by atoms with Crippen molar-refractivity contribution in [3.8, 4) is 5.75 Å². The van der Waals surface area contributed by atoms with E-state index in [9.17, 15) is 4.79 Å². The SMILES string of the molecule is COc1ccc(C(=O)N(CCC(C)C)Cc2nc3ccc(Cl)cc3n2C2CCCC2)cc1. The van der Waals surface area contributed by atoms with Crippen LogP contribution in [0, 0.1) is 5.92 Å². The highest BCUT2D eigenvalue weighted by molar-refractivity contribution is 6.31. The summed E-state index contributed by atoms with van der Waals surface area (Å²) in [6.45, 7) is 5.55. The first-order chi connectivity index (χ1) is 15.5. The van der Waals surface area contributed by atoms with Crippen molar-refractivity contribution in [2.75, 3.05) is 13.7 Å². The van der Waals surface area contributed by atoms with Gasteiger partial charge in [-0.1, -0.05) is 38.3 Å². The summed E-state index contributed by atoms with van der Waals surface area (Å²) in [5.41, 5.74) is 2.68. The fraction of sp³-hybridized carbons (Fsp3) is 0.462. The number of benzene rings is 2. The Morgan fingerprint density at radius 3 is 2.56 bits per heavy atom. The molecule has 0 spiro atoms. The molecule has 4 rings (SSSR count). The van der Waals surface area contributed by atoms with Crippen molar-refractivity contribution in [3.63, 3.8) is 0 Å². The lowest BCUT2D eigenvalue weighted by molar-refractivity contribution is 0.0728. The topological polar surface area (TPSA) is 47.4 Å². The number of amides is 1. The van der Waals surface area contributed by atoms with E-state index < -0.39 is 0 Å². The van der Waals surface area contributed by atoms with E-state index in [1.807, 2.05) is 47.4 Å². The van der Waals surface area contributed by atoms with E-state index in [1.54, 1.807) is 7.11 Å². The Kier molecular flexibility index (Phi) is 7.04. The molecular weight excluding hydrogens is 422 g/mol. The largest absolute Gasteiger partial charge is 0.497 e. The number of fused-ring (bicyclic) bond motifs is 1. The van der Waals surface area contributed by atoms with Gasteiger partial charge in [0.1, 0.15) is 11.6 Å². The molecular formula is C26H32ClN3O2. The van der Waals surface area contributed by atoms with E-state index in [0.717, 1.165) is 41.9 Å². The van der Waals surface area contributed by atoms with E-state index >= 15 is 0 Å². The van der Waals surface area contributed by atoms with Crippen LogP contribution in [-0.4, -0.2) is 34.0 Å². The standard InChI is InChI=1S/C26H32ClN3O2/c1-18(2)14-15-29(26(31)19-8-11-22(32-3)12-9-19)17-25-28-23-13-10-20(27)16-24(23)30(25)21-6-4-5-7-21/h8-13,16,18,21H,4-7,14-15,17H2,1-3H3. The van der Waals surface area contributed by atoms with E-state index in [1.165, 1.54) is 12.8 Å². The fourth-order valence-corrected chi connectivity index (χ4v) is 4.72. The minimum atomic E-state index is 0.0244. The molecule has 1 heterocycles. The molecule has 0 aliphatic heterocycles. The van der Waals surface area contributed by atoms with Crippen LogP contribution in [0.1, 0.15) is 68.2 Å². The van der Waals surface area contributed by atoms with Gasteiger partial charge in [0.15, 0.2) is 0 Å². The van der Waals surface area contributed by atoms with Crippen molar-refractivity contribution < 1.29 is 9.53 Å². The van der Waals surface area contributed by atoms with Crippen molar-refractivity contribution in [1.29, 1.82) is 0 Å². The number of aromatic nitrogens is 2. The third kappa shape index (κ3) is 4.93. The van der Waals surface area contributed by atoms with Crippen LogP contribution in [-0.2, 0) is 6.54 Å². The van der Waals surface area contributed by atoms with Gasteiger partial charge < -0.3 is 14.2 Å². The second-order valence-corrected chi connectivity index (χ2v) is 9.54. The zero-order valence-electron chi connectivity index (χ0n) is 19.2. The summed E-state index contributed by atoms with van der Waals surface area (Å²) >= 11 is 6.34. The molecule has 0 unspecified atom stereocenters. The van der Waals surface area contributed by atoms with Gasteiger partial charge in [-0.15, -0.1) is 0 Å². The third-order valence-electron chi connectivity index (χ3n) is 6.35. The summed E-state index contributed by atoms with van der Waals surface area (Å²) in [4.78, 5) is 20.4. The Morgan fingerprint density at radius 2 is 1.91 bits per heavy atom. The summed E-state index contributed by atoms with van der Waals surface area (Å²) in [5.74, 6) is 2.22. The highest BCUT2D eigenvalue weighted by Crippen LogP contribution is 2.35. The fourth-order valence-electron chi connectivity index (χ4n) is 4.55. The summed E-state index contributed by atoms with van der Waals surface area (Å²) < 4.78 is 7.60. The molecule has 6 heteroatoms. The van der Waals surface area contributed by atoms with Gasteiger partial charge in [-0.25, -0.2) is 4.98 Å². The second kappa shape index (κ2) is 9.95. The molecule has 1 aliphatic carbocycles.